The maximum Gasteiger partial charge on any atom is 0.416 e. The van der Waals surface area contributed by atoms with Crippen molar-refractivity contribution in [1.82, 2.24) is 19.9 Å². The SMILES string of the molecule is CC1(Nc2ncc3[nH]c(Nc4ccc(C(F)(F)F)cc4)nc3n2)CCCC1. The summed E-state index contributed by atoms with van der Waals surface area (Å²) in [5.41, 5.74) is 0.937. The van der Waals surface area contributed by atoms with Gasteiger partial charge in [-0.25, -0.2) is 4.98 Å². The predicted octanol–water partition coefficient (Wildman–Crippen LogP) is 4.86. The molecule has 1 aliphatic carbocycles. The lowest BCUT2D eigenvalue weighted by molar-refractivity contribution is -0.137. The van der Waals surface area contributed by atoms with E-state index in [0.29, 0.717) is 28.7 Å². The summed E-state index contributed by atoms with van der Waals surface area (Å²) in [6.07, 6.45) is 1.83. The molecule has 142 valence electrons. The van der Waals surface area contributed by atoms with Gasteiger partial charge in [-0.3, -0.25) is 0 Å². The second kappa shape index (κ2) is 6.40. The molecule has 0 amide bonds. The van der Waals surface area contributed by atoms with Gasteiger partial charge in [0.1, 0.15) is 5.52 Å². The maximum atomic E-state index is 12.6. The third-order valence-electron chi connectivity index (χ3n) is 4.84. The lowest BCUT2D eigenvalue weighted by atomic mass is 10.0. The molecule has 0 atom stereocenters. The number of hydrogen-bond acceptors (Lipinski definition) is 5. The van der Waals surface area contributed by atoms with Crippen molar-refractivity contribution in [1.29, 1.82) is 0 Å². The van der Waals surface area contributed by atoms with Gasteiger partial charge >= 0.3 is 6.18 Å². The van der Waals surface area contributed by atoms with E-state index in [0.717, 1.165) is 25.0 Å². The van der Waals surface area contributed by atoms with Crippen molar-refractivity contribution in [2.45, 2.75) is 44.3 Å². The van der Waals surface area contributed by atoms with E-state index in [-0.39, 0.29) is 5.54 Å². The molecule has 0 aliphatic heterocycles. The monoisotopic (exact) mass is 376 g/mol. The van der Waals surface area contributed by atoms with Crippen LogP contribution in [0, 0.1) is 0 Å². The summed E-state index contributed by atoms with van der Waals surface area (Å²) < 4.78 is 37.9. The van der Waals surface area contributed by atoms with Crippen molar-refractivity contribution in [2.75, 3.05) is 10.6 Å². The van der Waals surface area contributed by atoms with Crippen molar-refractivity contribution >= 4 is 28.7 Å². The molecular formula is C18H19F3N6. The Hall–Kier alpha value is -2.84. The Kier molecular flexibility index (Phi) is 4.16. The molecule has 1 aromatic carbocycles. The first-order chi connectivity index (χ1) is 12.8. The molecule has 2 aromatic heterocycles. The van der Waals surface area contributed by atoms with Crippen molar-refractivity contribution in [3.8, 4) is 0 Å². The van der Waals surface area contributed by atoms with E-state index in [1.165, 1.54) is 25.0 Å². The molecule has 1 aliphatic rings. The number of halogens is 3. The Labute approximate surface area is 153 Å². The third-order valence-corrected chi connectivity index (χ3v) is 4.84. The van der Waals surface area contributed by atoms with Crippen LogP contribution in [0.15, 0.2) is 30.5 Å². The molecule has 1 saturated carbocycles. The fourth-order valence-corrected chi connectivity index (χ4v) is 3.36. The summed E-state index contributed by atoms with van der Waals surface area (Å²) in [6, 6.07) is 4.76. The Morgan fingerprint density at radius 1 is 1.07 bits per heavy atom. The lowest BCUT2D eigenvalue weighted by Crippen LogP contribution is -2.31. The predicted molar refractivity (Wildman–Crippen MR) is 96.9 cm³/mol. The molecule has 1 fully saturated rings. The highest BCUT2D eigenvalue weighted by Gasteiger charge is 2.30. The number of nitrogens with zero attached hydrogens (tertiary/aromatic N) is 3. The number of nitrogens with one attached hydrogen (secondary N) is 3. The van der Waals surface area contributed by atoms with Crippen LogP contribution in [0.25, 0.3) is 11.2 Å². The Balaban J connectivity index is 1.51. The highest BCUT2D eigenvalue weighted by Crippen LogP contribution is 2.32. The lowest BCUT2D eigenvalue weighted by Gasteiger charge is -2.24. The smallest absolute Gasteiger partial charge is 0.349 e. The number of hydrogen-bond donors (Lipinski definition) is 3. The first kappa shape index (κ1) is 17.6. The summed E-state index contributed by atoms with van der Waals surface area (Å²) in [4.78, 5) is 16.1. The second-order valence-corrected chi connectivity index (χ2v) is 7.11. The quantitative estimate of drug-likeness (QED) is 0.606. The van der Waals surface area contributed by atoms with Crippen LogP contribution in [0.3, 0.4) is 0 Å². The van der Waals surface area contributed by atoms with Crippen molar-refractivity contribution in [2.24, 2.45) is 0 Å². The molecule has 6 nitrogen and oxygen atoms in total. The number of H-pyrrole nitrogens is 1. The minimum absolute atomic E-state index is 0.00525. The summed E-state index contributed by atoms with van der Waals surface area (Å²) in [5, 5.41) is 6.34. The minimum Gasteiger partial charge on any atom is -0.349 e. The number of fused-ring (bicyclic) bond motifs is 1. The van der Waals surface area contributed by atoms with Crippen LogP contribution in [0.5, 0.6) is 0 Å². The van der Waals surface area contributed by atoms with E-state index in [4.69, 9.17) is 0 Å². The van der Waals surface area contributed by atoms with Crippen LogP contribution in [-0.2, 0) is 6.18 Å². The molecule has 9 heteroatoms. The molecule has 0 spiro atoms. The normalized spacial score (nSPS) is 16.6. The number of anilines is 3. The minimum atomic E-state index is -4.35. The van der Waals surface area contributed by atoms with E-state index < -0.39 is 11.7 Å². The molecule has 0 radical (unpaired) electrons. The van der Waals surface area contributed by atoms with Gasteiger partial charge in [-0.15, -0.1) is 0 Å². The molecule has 27 heavy (non-hydrogen) atoms. The van der Waals surface area contributed by atoms with E-state index in [9.17, 15) is 13.2 Å². The molecule has 0 saturated heterocycles. The van der Waals surface area contributed by atoms with Gasteiger partial charge in [0.15, 0.2) is 5.65 Å². The van der Waals surface area contributed by atoms with Crippen molar-refractivity contribution in [3.63, 3.8) is 0 Å². The fourth-order valence-electron chi connectivity index (χ4n) is 3.36. The molecule has 3 N–H and O–H groups in total. The van der Waals surface area contributed by atoms with Gasteiger partial charge in [0.2, 0.25) is 11.9 Å². The van der Waals surface area contributed by atoms with Crippen LogP contribution >= 0.6 is 0 Å². The van der Waals surface area contributed by atoms with E-state index >= 15 is 0 Å². The molecule has 0 unspecified atom stereocenters. The molecule has 2 heterocycles. The van der Waals surface area contributed by atoms with Gasteiger partial charge in [-0.2, -0.15) is 23.1 Å². The van der Waals surface area contributed by atoms with Gasteiger partial charge in [-0.05, 0) is 44.0 Å². The highest BCUT2D eigenvalue weighted by molar-refractivity contribution is 5.75. The molecule has 4 rings (SSSR count). The van der Waals surface area contributed by atoms with E-state index in [1.807, 2.05) is 0 Å². The fraction of sp³-hybridized carbons (Fsp3) is 0.389. The summed E-state index contributed by atoms with van der Waals surface area (Å²) >= 11 is 0. The van der Waals surface area contributed by atoms with Crippen LogP contribution in [-0.4, -0.2) is 25.5 Å². The van der Waals surface area contributed by atoms with Gasteiger partial charge in [0, 0.05) is 11.2 Å². The Morgan fingerprint density at radius 3 is 2.44 bits per heavy atom. The summed E-state index contributed by atoms with van der Waals surface area (Å²) in [5.74, 6) is 0.919. The van der Waals surface area contributed by atoms with Gasteiger partial charge < -0.3 is 15.6 Å². The van der Waals surface area contributed by atoms with Crippen molar-refractivity contribution < 1.29 is 13.2 Å². The Morgan fingerprint density at radius 2 is 1.78 bits per heavy atom. The number of aromatic nitrogens is 4. The zero-order valence-electron chi connectivity index (χ0n) is 14.7. The molecule has 3 aromatic rings. The van der Waals surface area contributed by atoms with E-state index in [2.05, 4.69) is 37.5 Å². The first-order valence-electron chi connectivity index (χ1n) is 8.76. The standard InChI is InChI=1S/C18H19F3N6/c1-17(8-2-3-9-17)27-15-22-10-13-14(25-15)26-16(24-13)23-12-6-4-11(5-7-12)18(19,20)21/h4-7,10H,2-3,8-9H2,1H3,(H3,22,23,24,25,26,27). The number of rotatable bonds is 4. The van der Waals surface area contributed by atoms with Gasteiger partial charge in [0.05, 0.1) is 11.8 Å². The number of imidazole rings is 1. The van der Waals surface area contributed by atoms with Crippen molar-refractivity contribution in [3.05, 3.63) is 36.0 Å². The highest BCUT2D eigenvalue weighted by atomic mass is 19.4. The molecular weight excluding hydrogens is 357 g/mol. The van der Waals surface area contributed by atoms with Crippen LogP contribution < -0.4 is 10.6 Å². The Bertz CT molecular complexity index is 942. The zero-order chi connectivity index (χ0) is 19.1. The number of alkyl halides is 3. The van der Waals surface area contributed by atoms with Crippen LogP contribution in [0.2, 0.25) is 0 Å². The summed E-state index contributed by atoms with van der Waals surface area (Å²) in [7, 11) is 0. The summed E-state index contributed by atoms with van der Waals surface area (Å²) in [6.45, 7) is 2.16. The third kappa shape index (κ3) is 3.81. The van der Waals surface area contributed by atoms with Gasteiger partial charge in [-0.1, -0.05) is 12.8 Å². The maximum absolute atomic E-state index is 12.6. The first-order valence-corrected chi connectivity index (χ1v) is 8.76. The largest absolute Gasteiger partial charge is 0.416 e. The average Bonchev–Trinajstić information content (AvgIpc) is 3.20. The van der Waals surface area contributed by atoms with Crippen LogP contribution in [0.4, 0.5) is 30.8 Å². The number of benzene rings is 1. The van der Waals surface area contributed by atoms with Gasteiger partial charge in [0.25, 0.3) is 0 Å². The van der Waals surface area contributed by atoms with Crippen LogP contribution in [0.1, 0.15) is 38.2 Å². The molecule has 0 bridgehead atoms. The second-order valence-electron chi connectivity index (χ2n) is 7.11. The van der Waals surface area contributed by atoms with E-state index in [1.54, 1.807) is 6.20 Å². The number of aromatic amines is 1. The topological polar surface area (TPSA) is 78.5 Å². The zero-order valence-corrected chi connectivity index (χ0v) is 14.7. The average molecular weight is 376 g/mol.